The summed E-state index contributed by atoms with van der Waals surface area (Å²) in [4.78, 5) is 38.1. The molecule has 6 nitrogen and oxygen atoms in total. The number of amides is 4. The summed E-state index contributed by atoms with van der Waals surface area (Å²) in [7, 11) is 0. The Morgan fingerprint density at radius 1 is 1.04 bits per heavy atom. The molecule has 1 aliphatic heterocycles. The third-order valence-electron chi connectivity index (χ3n) is 3.97. The molecule has 0 bridgehead atoms. The molecule has 1 heterocycles. The standard InChI is InChI=1S/C19H15Cl2N3O3/c1-11(17(25)22-15-8-6-14(21)7-9-15)24-18(26)16(23-19(24)27)10-12-2-4-13(20)5-3-12/h2-11H,1H3,(H,22,25)(H,23,27)/b16-10-/t11-/m1/s1. The molecule has 1 saturated heterocycles. The van der Waals surface area contributed by atoms with Crippen molar-refractivity contribution in [2.75, 3.05) is 5.32 Å². The summed E-state index contributed by atoms with van der Waals surface area (Å²) in [6, 6.07) is 11.6. The van der Waals surface area contributed by atoms with Crippen molar-refractivity contribution in [2.24, 2.45) is 0 Å². The molecule has 27 heavy (non-hydrogen) atoms. The van der Waals surface area contributed by atoms with Crippen molar-refractivity contribution in [3.63, 3.8) is 0 Å². The summed E-state index contributed by atoms with van der Waals surface area (Å²) in [6.07, 6.45) is 1.53. The Bertz CT molecular complexity index is 924. The van der Waals surface area contributed by atoms with E-state index in [0.29, 0.717) is 21.3 Å². The highest BCUT2D eigenvalue weighted by molar-refractivity contribution is 6.31. The van der Waals surface area contributed by atoms with Crippen LogP contribution in [0, 0.1) is 0 Å². The van der Waals surface area contributed by atoms with Crippen LogP contribution in [0.5, 0.6) is 0 Å². The van der Waals surface area contributed by atoms with E-state index in [-0.39, 0.29) is 5.70 Å². The Morgan fingerprint density at radius 2 is 1.59 bits per heavy atom. The summed E-state index contributed by atoms with van der Waals surface area (Å²) in [5.74, 6) is -1.07. The van der Waals surface area contributed by atoms with E-state index in [1.54, 1.807) is 48.5 Å². The number of nitrogens with zero attached hydrogens (tertiary/aromatic N) is 1. The number of carbonyl (C=O) groups is 3. The maximum atomic E-state index is 12.6. The zero-order valence-electron chi connectivity index (χ0n) is 14.2. The van der Waals surface area contributed by atoms with Gasteiger partial charge in [-0.3, -0.25) is 9.59 Å². The number of anilines is 1. The summed E-state index contributed by atoms with van der Waals surface area (Å²) in [5, 5.41) is 6.24. The first kappa shape index (κ1) is 18.9. The molecule has 3 rings (SSSR count). The second-order valence-electron chi connectivity index (χ2n) is 5.89. The van der Waals surface area contributed by atoms with Crippen molar-refractivity contribution in [1.29, 1.82) is 0 Å². The average Bonchev–Trinajstić information content (AvgIpc) is 2.91. The molecule has 1 aliphatic rings. The second-order valence-corrected chi connectivity index (χ2v) is 6.76. The Balaban J connectivity index is 1.74. The van der Waals surface area contributed by atoms with E-state index in [1.807, 2.05) is 0 Å². The number of hydrogen-bond donors (Lipinski definition) is 2. The molecule has 0 aromatic heterocycles. The van der Waals surface area contributed by atoms with Gasteiger partial charge in [-0.1, -0.05) is 35.3 Å². The van der Waals surface area contributed by atoms with Crippen LogP contribution >= 0.6 is 23.2 Å². The van der Waals surface area contributed by atoms with E-state index in [1.165, 1.54) is 13.0 Å². The van der Waals surface area contributed by atoms with Crippen molar-refractivity contribution in [3.05, 3.63) is 69.8 Å². The Kier molecular flexibility index (Phi) is 5.48. The third kappa shape index (κ3) is 4.30. The number of hydrogen-bond acceptors (Lipinski definition) is 3. The normalized spacial score (nSPS) is 16.4. The fraction of sp³-hybridized carbons (Fsp3) is 0.105. The fourth-order valence-corrected chi connectivity index (χ4v) is 2.78. The molecule has 2 aromatic rings. The lowest BCUT2D eigenvalue weighted by atomic mass is 10.2. The van der Waals surface area contributed by atoms with Crippen molar-refractivity contribution in [3.8, 4) is 0 Å². The first-order valence-electron chi connectivity index (χ1n) is 8.03. The third-order valence-corrected chi connectivity index (χ3v) is 4.47. The SMILES string of the molecule is C[C@H](C(=O)Nc1ccc(Cl)cc1)N1C(=O)N/C(=C\c2ccc(Cl)cc2)C1=O. The molecule has 1 atom stereocenters. The number of carbonyl (C=O) groups excluding carboxylic acids is 3. The first-order valence-corrected chi connectivity index (χ1v) is 8.79. The van der Waals surface area contributed by atoms with E-state index in [2.05, 4.69) is 10.6 Å². The fourth-order valence-electron chi connectivity index (χ4n) is 2.52. The molecular weight excluding hydrogens is 389 g/mol. The van der Waals surface area contributed by atoms with Gasteiger partial charge in [-0.2, -0.15) is 0 Å². The van der Waals surface area contributed by atoms with Gasteiger partial charge in [0.05, 0.1) is 0 Å². The molecule has 1 fully saturated rings. The highest BCUT2D eigenvalue weighted by atomic mass is 35.5. The quantitative estimate of drug-likeness (QED) is 0.599. The molecule has 2 N–H and O–H groups in total. The molecule has 0 radical (unpaired) electrons. The topological polar surface area (TPSA) is 78.5 Å². The molecule has 0 saturated carbocycles. The number of imide groups is 1. The predicted octanol–water partition coefficient (Wildman–Crippen LogP) is 3.91. The van der Waals surface area contributed by atoms with E-state index in [4.69, 9.17) is 23.2 Å². The number of nitrogens with one attached hydrogen (secondary N) is 2. The zero-order chi connectivity index (χ0) is 19.6. The number of urea groups is 1. The minimum absolute atomic E-state index is 0.0912. The highest BCUT2D eigenvalue weighted by Crippen LogP contribution is 2.19. The summed E-state index contributed by atoms with van der Waals surface area (Å²) in [5.41, 5.74) is 1.30. The maximum Gasteiger partial charge on any atom is 0.329 e. The molecule has 0 spiro atoms. The highest BCUT2D eigenvalue weighted by Gasteiger charge is 2.39. The molecule has 0 aliphatic carbocycles. The Morgan fingerprint density at radius 3 is 2.19 bits per heavy atom. The first-order chi connectivity index (χ1) is 12.8. The van der Waals surface area contributed by atoms with Gasteiger partial charge < -0.3 is 10.6 Å². The lowest BCUT2D eigenvalue weighted by Crippen LogP contribution is -2.45. The zero-order valence-corrected chi connectivity index (χ0v) is 15.7. The van der Waals surface area contributed by atoms with E-state index >= 15 is 0 Å². The predicted molar refractivity (Wildman–Crippen MR) is 104 cm³/mol. The van der Waals surface area contributed by atoms with Gasteiger partial charge in [0, 0.05) is 15.7 Å². The molecule has 0 unspecified atom stereocenters. The van der Waals surface area contributed by atoms with Crippen molar-refractivity contribution in [2.45, 2.75) is 13.0 Å². The van der Waals surface area contributed by atoms with E-state index in [0.717, 1.165) is 4.90 Å². The van der Waals surface area contributed by atoms with Crippen LogP contribution in [0.25, 0.3) is 6.08 Å². The maximum absolute atomic E-state index is 12.6. The average molecular weight is 404 g/mol. The summed E-state index contributed by atoms with van der Waals surface area (Å²) < 4.78 is 0. The van der Waals surface area contributed by atoms with Crippen LogP contribution in [0.15, 0.2) is 54.2 Å². The van der Waals surface area contributed by atoms with Crippen molar-refractivity contribution in [1.82, 2.24) is 10.2 Å². The number of benzene rings is 2. The van der Waals surface area contributed by atoms with Gasteiger partial charge in [0.25, 0.3) is 5.91 Å². The minimum Gasteiger partial charge on any atom is -0.324 e. The van der Waals surface area contributed by atoms with Gasteiger partial charge in [-0.25, -0.2) is 9.69 Å². The van der Waals surface area contributed by atoms with Crippen molar-refractivity contribution >= 4 is 52.8 Å². The monoisotopic (exact) mass is 403 g/mol. The van der Waals surface area contributed by atoms with E-state index in [9.17, 15) is 14.4 Å². The van der Waals surface area contributed by atoms with Crippen LogP contribution in [0.2, 0.25) is 10.0 Å². The van der Waals surface area contributed by atoms with Gasteiger partial charge in [0.15, 0.2) is 0 Å². The number of rotatable bonds is 4. The smallest absolute Gasteiger partial charge is 0.324 e. The molecule has 4 amide bonds. The molecular formula is C19H15Cl2N3O3. The van der Waals surface area contributed by atoms with Crippen molar-refractivity contribution < 1.29 is 14.4 Å². The van der Waals surface area contributed by atoms with Crippen LogP contribution in [0.4, 0.5) is 10.5 Å². The summed E-state index contributed by atoms with van der Waals surface area (Å²) >= 11 is 11.6. The van der Waals surface area contributed by atoms with Gasteiger partial charge in [0.2, 0.25) is 5.91 Å². The largest absolute Gasteiger partial charge is 0.329 e. The van der Waals surface area contributed by atoms with Crippen LogP contribution in [-0.4, -0.2) is 28.8 Å². The van der Waals surface area contributed by atoms with Crippen LogP contribution in [0.3, 0.4) is 0 Å². The Hall–Kier alpha value is -2.83. The lowest BCUT2D eigenvalue weighted by Gasteiger charge is -2.20. The van der Waals surface area contributed by atoms with Gasteiger partial charge >= 0.3 is 6.03 Å². The lowest BCUT2D eigenvalue weighted by molar-refractivity contribution is -0.130. The van der Waals surface area contributed by atoms with E-state index < -0.39 is 23.9 Å². The molecule has 2 aromatic carbocycles. The second kappa shape index (κ2) is 7.82. The molecule has 8 heteroatoms. The van der Waals surface area contributed by atoms with Crippen LogP contribution < -0.4 is 10.6 Å². The van der Waals surface area contributed by atoms with Crippen LogP contribution in [0.1, 0.15) is 12.5 Å². The van der Waals surface area contributed by atoms with Gasteiger partial charge in [-0.15, -0.1) is 0 Å². The summed E-state index contributed by atoms with van der Waals surface area (Å²) in [6.45, 7) is 1.48. The minimum atomic E-state index is -0.996. The Labute approximate surface area is 165 Å². The van der Waals surface area contributed by atoms with Gasteiger partial charge in [-0.05, 0) is 55.0 Å². The van der Waals surface area contributed by atoms with Gasteiger partial charge in [0.1, 0.15) is 11.7 Å². The molecule has 138 valence electrons. The number of halogens is 2. The van der Waals surface area contributed by atoms with Crippen LogP contribution in [-0.2, 0) is 9.59 Å².